The maximum absolute atomic E-state index is 8.88. The molecule has 0 aliphatic rings. The summed E-state index contributed by atoms with van der Waals surface area (Å²) in [5, 5.41) is 0. The standard InChI is InChI=1S/Al.H3O4P.H2O4S.H2O.Sr.5H/c;2*1-5(2,3)4;;;;;;;/h;(H3,1,2,3,4);(H2,1,2,3,4);1H2;;;;;;/q;;;;+2;;;;2*-1. The van der Waals surface area contributed by atoms with Crippen molar-refractivity contribution in [1.82, 2.24) is 0 Å². The van der Waals surface area contributed by atoms with Crippen molar-refractivity contribution < 1.29 is 45.1 Å². The van der Waals surface area contributed by atoms with E-state index in [0.29, 0.717) is 0 Å². The van der Waals surface area contributed by atoms with Crippen LogP contribution >= 0.6 is 7.82 Å². The summed E-state index contributed by atoms with van der Waals surface area (Å²) in [7, 11) is -9.31. The first-order valence-corrected chi connectivity index (χ1v) is 4.44. The van der Waals surface area contributed by atoms with Gasteiger partial charge in [-0.15, -0.1) is 0 Å². The van der Waals surface area contributed by atoms with Crippen molar-refractivity contribution in [1.29, 1.82) is 0 Å². The Labute approximate surface area is 125 Å². The van der Waals surface area contributed by atoms with Crippen molar-refractivity contribution >= 4 is 81.1 Å². The largest absolute Gasteiger partial charge is 2.00 e. The van der Waals surface area contributed by atoms with Gasteiger partial charge < -0.3 is 23.0 Å². The molecule has 9 nitrogen and oxygen atoms in total. The molecule has 0 saturated heterocycles. The van der Waals surface area contributed by atoms with E-state index in [1.54, 1.807) is 0 Å². The van der Waals surface area contributed by atoms with Crippen LogP contribution < -0.4 is 0 Å². The van der Waals surface area contributed by atoms with Gasteiger partial charge in [0.05, 0.1) is 0 Å². The zero-order chi connectivity index (χ0) is 9.00. The molecule has 0 rings (SSSR count). The SMILES string of the molecule is O.O=P(O)(O)O.O=S(=O)(O)O.[AlH3].[H-].[H-].[Sr+2]. The third kappa shape index (κ3) is 523. The predicted octanol–water partition coefficient (Wildman–Crippen LogP) is -3.75. The molecule has 0 aromatic heterocycles. The zero-order valence-corrected chi connectivity index (χ0v) is 10.7. The molecule has 0 aliphatic carbocycles. The van der Waals surface area contributed by atoms with Gasteiger partial charge in [0, 0.05) is 0 Å². The quantitative estimate of drug-likeness (QED) is 0.170. The molecule has 0 aliphatic heterocycles. The second kappa shape index (κ2) is 12.0. The summed E-state index contributed by atoms with van der Waals surface area (Å²) >= 11 is 0. The molecule has 0 aromatic carbocycles. The normalized spacial score (nSPS) is 9.00. The summed E-state index contributed by atoms with van der Waals surface area (Å²) in [6, 6.07) is 0. The fourth-order valence-electron chi connectivity index (χ4n) is 0. The van der Waals surface area contributed by atoms with Crippen LogP contribution in [0.1, 0.15) is 2.85 Å². The molecule has 0 fully saturated rings. The maximum Gasteiger partial charge on any atom is 2.00 e. The molecule has 0 atom stereocenters. The summed E-state index contributed by atoms with van der Waals surface area (Å²) in [5.41, 5.74) is 0. The molecule has 13 heavy (non-hydrogen) atoms. The average molecular weight is 334 g/mol. The smallest absolute Gasteiger partial charge is 1.00 e. The van der Waals surface area contributed by atoms with Crippen LogP contribution in [-0.2, 0) is 15.0 Å². The van der Waals surface area contributed by atoms with Crippen LogP contribution in [0.4, 0.5) is 0 Å². The Morgan fingerprint density at radius 3 is 1.08 bits per heavy atom. The third-order valence-electron chi connectivity index (χ3n) is 0. The van der Waals surface area contributed by atoms with Crippen LogP contribution in [0.25, 0.3) is 0 Å². The van der Waals surface area contributed by atoms with Crippen molar-refractivity contribution in [2.45, 2.75) is 0 Å². The number of rotatable bonds is 0. The Hall–Kier alpha value is 1.95. The summed E-state index contributed by atoms with van der Waals surface area (Å²) in [6.45, 7) is 0. The molecule has 0 radical (unpaired) electrons. The van der Waals surface area contributed by atoms with Gasteiger partial charge in [-0.05, 0) is 0 Å². The summed E-state index contributed by atoms with van der Waals surface area (Å²) < 4.78 is 40.5. The van der Waals surface area contributed by atoms with E-state index in [0.717, 1.165) is 0 Å². The van der Waals surface area contributed by atoms with E-state index in [9.17, 15) is 0 Å². The number of hydrogen-bond donors (Lipinski definition) is 5. The minimum atomic E-state index is -4.67. The molecule has 0 bridgehead atoms. The van der Waals surface area contributed by atoms with Crippen LogP contribution in [-0.4, -0.2) is 101 Å². The Kier molecular flexibility index (Phi) is 27.2. The molecule has 82 valence electrons. The van der Waals surface area contributed by atoms with E-state index < -0.39 is 18.2 Å². The van der Waals surface area contributed by atoms with E-state index >= 15 is 0 Å². The zero-order valence-electron chi connectivity index (χ0n) is 7.52. The van der Waals surface area contributed by atoms with Crippen molar-refractivity contribution in [2.75, 3.05) is 0 Å². The molecule has 13 heteroatoms. The first-order chi connectivity index (χ1) is 4.00. The van der Waals surface area contributed by atoms with Crippen molar-refractivity contribution in [3.8, 4) is 0 Å². The van der Waals surface area contributed by atoms with Crippen molar-refractivity contribution in [3.63, 3.8) is 0 Å². The van der Waals surface area contributed by atoms with Gasteiger partial charge in [0.2, 0.25) is 0 Å². The molecule has 0 amide bonds. The van der Waals surface area contributed by atoms with Gasteiger partial charge in [-0.1, -0.05) is 0 Å². The van der Waals surface area contributed by atoms with Gasteiger partial charge in [0.15, 0.2) is 17.4 Å². The van der Waals surface area contributed by atoms with Gasteiger partial charge in [0.25, 0.3) is 0 Å². The first-order valence-electron chi connectivity index (χ1n) is 1.48. The molecule has 0 heterocycles. The maximum atomic E-state index is 8.88. The van der Waals surface area contributed by atoms with Crippen LogP contribution in [0.5, 0.6) is 0 Å². The van der Waals surface area contributed by atoms with Gasteiger partial charge in [0.1, 0.15) is 0 Å². The van der Waals surface area contributed by atoms with Crippen LogP contribution in [0.2, 0.25) is 0 Å². The Balaban J connectivity index is -0.0000000128. The van der Waals surface area contributed by atoms with Gasteiger partial charge >= 0.3 is 63.7 Å². The van der Waals surface area contributed by atoms with Crippen molar-refractivity contribution in [3.05, 3.63) is 0 Å². The van der Waals surface area contributed by atoms with Gasteiger partial charge in [-0.2, -0.15) is 8.42 Å². The van der Waals surface area contributed by atoms with Crippen LogP contribution in [0.3, 0.4) is 0 Å². The van der Waals surface area contributed by atoms with Crippen molar-refractivity contribution in [2.24, 2.45) is 0 Å². The topological polar surface area (TPSA) is 184 Å². The third-order valence-corrected chi connectivity index (χ3v) is 0. The van der Waals surface area contributed by atoms with E-state index in [-0.39, 0.29) is 71.2 Å². The second-order valence-electron chi connectivity index (χ2n) is 0.961. The number of hydrogen-bond acceptors (Lipinski definition) is 3. The van der Waals surface area contributed by atoms with E-state index in [1.807, 2.05) is 0 Å². The Morgan fingerprint density at radius 2 is 1.08 bits per heavy atom. The van der Waals surface area contributed by atoms with E-state index in [1.165, 1.54) is 0 Å². The predicted molar refractivity (Wildman–Crippen MR) is 50.0 cm³/mol. The molecule has 0 aromatic rings. The molecular formula is H12AlO9PSSr. The Morgan fingerprint density at radius 1 is 1.08 bits per heavy atom. The fraction of sp³-hybridized carbons (Fsp3) is 0. The molecular weight excluding hydrogens is 322 g/mol. The molecule has 0 unspecified atom stereocenters. The first kappa shape index (κ1) is 29.4. The Bertz CT molecular complexity index is 206. The minimum Gasteiger partial charge on any atom is -1.00 e. The van der Waals surface area contributed by atoms with Crippen LogP contribution in [0, 0.1) is 0 Å². The summed E-state index contributed by atoms with van der Waals surface area (Å²) in [6.07, 6.45) is 0. The van der Waals surface area contributed by atoms with Gasteiger partial charge in [-0.3, -0.25) is 9.11 Å². The molecule has 0 saturated carbocycles. The average Bonchev–Trinajstić information content (AvgIpc) is 1.12. The number of phosphoric acid groups is 1. The van der Waals surface area contributed by atoms with E-state index in [2.05, 4.69) is 0 Å². The molecule has 7 N–H and O–H groups in total. The van der Waals surface area contributed by atoms with Gasteiger partial charge in [-0.25, -0.2) is 4.57 Å². The summed E-state index contributed by atoms with van der Waals surface area (Å²) in [4.78, 5) is 21.6. The molecule has 0 spiro atoms. The summed E-state index contributed by atoms with van der Waals surface area (Å²) in [5.74, 6) is 0. The van der Waals surface area contributed by atoms with Crippen LogP contribution in [0.15, 0.2) is 0 Å². The fourth-order valence-corrected chi connectivity index (χ4v) is 0. The second-order valence-corrected chi connectivity index (χ2v) is 2.88. The monoisotopic (exact) mass is 334 g/mol. The minimum absolute atomic E-state index is 0. The van der Waals surface area contributed by atoms with E-state index in [4.69, 9.17) is 36.8 Å².